The third kappa shape index (κ3) is 37.7. The lowest BCUT2D eigenvalue weighted by molar-refractivity contribution is -0.150. The minimum atomic E-state index is -0.206. The zero-order valence-electron chi connectivity index (χ0n) is 36.5. The van der Waals surface area contributed by atoms with Crippen LogP contribution in [-0.2, 0) is 19.1 Å². The van der Waals surface area contributed by atoms with Crippen LogP contribution < -0.4 is 0 Å². The van der Waals surface area contributed by atoms with Crippen molar-refractivity contribution in [2.45, 2.75) is 239 Å². The lowest BCUT2D eigenvalue weighted by Gasteiger charge is -2.21. The molecular weight excluding hydrogens is 678 g/mol. The molecular formula is C47H92FNO5. The van der Waals surface area contributed by atoms with E-state index < -0.39 is 0 Å². The van der Waals surface area contributed by atoms with E-state index in [-0.39, 0.29) is 37.2 Å². The molecule has 0 radical (unpaired) electrons. The fourth-order valence-corrected chi connectivity index (χ4v) is 7.38. The number of nitrogens with zero attached hydrogens (tertiary/aromatic N) is 1. The quantitative estimate of drug-likeness (QED) is 0.0492. The number of alkyl halides is 1. The van der Waals surface area contributed by atoms with Gasteiger partial charge in [0.2, 0.25) is 0 Å². The maximum Gasteiger partial charge on any atom is 0.308 e. The predicted octanol–water partition coefficient (Wildman–Crippen LogP) is 13.5. The zero-order valence-corrected chi connectivity index (χ0v) is 36.5. The van der Waals surface area contributed by atoms with Gasteiger partial charge in [-0.25, -0.2) is 0 Å². The Labute approximate surface area is 335 Å². The molecule has 7 heteroatoms. The molecule has 0 aromatic rings. The topological polar surface area (TPSA) is 76.1 Å². The van der Waals surface area contributed by atoms with E-state index in [0.29, 0.717) is 19.4 Å². The number of aliphatic hydroxyl groups excluding tert-OH is 1. The molecule has 0 aromatic carbocycles. The summed E-state index contributed by atoms with van der Waals surface area (Å²) in [5, 5.41) is 9.58. The Kier molecular flexibility index (Phi) is 40.5. The van der Waals surface area contributed by atoms with Crippen molar-refractivity contribution in [1.29, 1.82) is 0 Å². The highest BCUT2D eigenvalue weighted by atomic mass is 19.1. The summed E-state index contributed by atoms with van der Waals surface area (Å²) in [6.07, 6.45) is 35.6. The van der Waals surface area contributed by atoms with Gasteiger partial charge in [-0.3, -0.25) is 14.0 Å². The lowest BCUT2D eigenvalue weighted by atomic mass is 10.0. The zero-order chi connectivity index (χ0) is 39.7. The predicted molar refractivity (Wildman–Crippen MR) is 228 cm³/mol. The fourth-order valence-electron chi connectivity index (χ4n) is 7.38. The Bertz CT molecular complexity index is 796. The lowest BCUT2D eigenvalue weighted by Crippen LogP contribution is -2.29. The highest BCUT2D eigenvalue weighted by Gasteiger charge is 2.15. The van der Waals surface area contributed by atoms with Gasteiger partial charge in [-0.05, 0) is 83.2 Å². The Hall–Kier alpha value is -1.21. The Balaban J connectivity index is 4.02. The van der Waals surface area contributed by atoms with Gasteiger partial charge in [0.15, 0.2) is 0 Å². The average molecular weight is 770 g/mol. The maximum absolute atomic E-state index is 12.7. The van der Waals surface area contributed by atoms with Crippen molar-refractivity contribution in [3.05, 3.63) is 0 Å². The SMILES string of the molecule is CCCCCCCCC(CCCCCCCCF)OC(=O)CCCCCCCN(CCO)CCCCCCC(C)C(=O)OCCCCCCCCC(C)C. The minimum Gasteiger partial charge on any atom is -0.465 e. The molecule has 0 bridgehead atoms. The molecule has 2 atom stereocenters. The second-order valence-corrected chi connectivity index (χ2v) is 16.9. The van der Waals surface area contributed by atoms with Gasteiger partial charge in [0.1, 0.15) is 6.10 Å². The molecule has 0 amide bonds. The first kappa shape index (κ1) is 52.8. The third-order valence-electron chi connectivity index (χ3n) is 11.0. The van der Waals surface area contributed by atoms with Gasteiger partial charge in [-0.15, -0.1) is 0 Å². The maximum atomic E-state index is 12.7. The Morgan fingerprint density at radius 1 is 0.556 bits per heavy atom. The summed E-state index contributed by atoms with van der Waals surface area (Å²) < 4.78 is 23.9. The number of carbonyl (C=O) groups is 2. The molecule has 6 nitrogen and oxygen atoms in total. The second kappa shape index (κ2) is 41.4. The number of carbonyl (C=O) groups excluding carboxylic acids is 2. The molecule has 322 valence electrons. The van der Waals surface area contributed by atoms with Gasteiger partial charge in [0, 0.05) is 13.0 Å². The standard InChI is InChI=1S/C47H92FNO5/c1-5-6-7-8-15-25-34-45(35-26-16-9-11-19-28-37-48)54-46(51)36-27-17-13-20-29-38-49(40-41-50)39-30-21-18-24-33-44(4)47(52)53-42-31-22-12-10-14-23-32-43(2)3/h43-45,50H,5-42H2,1-4H3. The van der Waals surface area contributed by atoms with E-state index in [9.17, 15) is 19.1 Å². The summed E-state index contributed by atoms with van der Waals surface area (Å²) >= 11 is 0. The van der Waals surface area contributed by atoms with Crippen LogP contribution in [0, 0.1) is 11.8 Å². The molecule has 0 heterocycles. The number of aliphatic hydroxyl groups is 1. The summed E-state index contributed by atoms with van der Waals surface area (Å²) in [6, 6.07) is 0. The number of halogens is 1. The summed E-state index contributed by atoms with van der Waals surface area (Å²) in [6.45, 7) is 12.1. The van der Waals surface area contributed by atoms with E-state index in [4.69, 9.17) is 9.47 Å². The average Bonchev–Trinajstić information content (AvgIpc) is 3.15. The van der Waals surface area contributed by atoms with Crippen molar-refractivity contribution in [3.63, 3.8) is 0 Å². The van der Waals surface area contributed by atoms with Crippen LogP contribution in [-0.4, -0.2) is 67.6 Å². The van der Waals surface area contributed by atoms with Crippen LogP contribution in [0.15, 0.2) is 0 Å². The van der Waals surface area contributed by atoms with Crippen molar-refractivity contribution in [1.82, 2.24) is 4.90 Å². The number of esters is 2. The third-order valence-corrected chi connectivity index (χ3v) is 11.0. The van der Waals surface area contributed by atoms with E-state index in [1.165, 1.54) is 64.2 Å². The van der Waals surface area contributed by atoms with Crippen molar-refractivity contribution in [2.24, 2.45) is 11.8 Å². The molecule has 0 aliphatic heterocycles. The summed E-state index contributed by atoms with van der Waals surface area (Å²) in [5.41, 5.74) is 0. The van der Waals surface area contributed by atoms with Crippen LogP contribution >= 0.6 is 0 Å². The number of hydrogen-bond donors (Lipinski definition) is 1. The number of rotatable bonds is 43. The molecule has 0 fully saturated rings. The van der Waals surface area contributed by atoms with Crippen LogP contribution in [0.3, 0.4) is 0 Å². The van der Waals surface area contributed by atoms with Gasteiger partial charge in [0.25, 0.3) is 0 Å². The Morgan fingerprint density at radius 3 is 1.56 bits per heavy atom. The monoisotopic (exact) mass is 770 g/mol. The van der Waals surface area contributed by atoms with E-state index >= 15 is 0 Å². The summed E-state index contributed by atoms with van der Waals surface area (Å²) in [7, 11) is 0. The van der Waals surface area contributed by atoms with Crippen molar-refractivity contribution in [2.75, 3.05) is 39.5 Å². The number of hydrogen-bond acceptors (Lipinski definition) is 6. The van der Waals surface area contributed by atoms with Crippen molar-refractivity contribution >= 4 is 11.9 Å². The van der Waals surface area contributed by atoms with E-state index in [1.54, 1.807) is 0 Å². The second-order valence-electron chi connectivity index (χ2n) is 16.9. The molecule has 1 N–H and O–H groups in total. The van der Waals surface area contributed by atoms with Crippen molar-refractivity contribution in [3.8, 4) is 0 Å². The molecule has 2 unspecified atom stereocenters. The van der Waals surface area contributed by atoms with Gasteiger partial charge in [-0.2, -0.15) is 0 Å². The molecule has 0 aliphatic carbocycles. The number of unbranched alkanes of at least 4 members (excludes halogenated alkanes) is 22. The van der Waals surface area contributed by atoms with Gasteiger partial charge < -0.3 is 19.5 Å². The van der Waals surface area contributed by atoms with Gasteiger partial charge in [0.05, 0.1) is 25.8 Å². The first-order valence-corrected chi connectivity index (χ1v) is 23.6. The molecule has 0 spiro atoms. The van der Waals surface area contributed by atoms with Gasteiger partial charge >= 0.3 is 11.9 Å². The molecule has 0 rings (SSSR count). The van der Waals surface area contributed by atoms with E-state index in [0.717, 1.165) is 154 Å². The first-order valence-electron chi connectivity index (χ1n) is 23.6. The molecule has 0 saturated carbocycles. The van der Waals surface area contributed by atoms with Crippen LogP contribution in [0.5, 0.6) is 0 Å². The smallest absolute Gasteiger partial charge is 0.308 e. The molecule has 54 heavy (non-hydrogen) atoms. The van der Waals surface area contributed by atoms with E-state index in [2.05, 4.69) is 25.7 Å². The summed E-state index contributed by atoms with van der Waals surface area (Å²) in [5.74, 6) is 0.728. The van der Waals surface area contributed by atoms with Gasteiger partial charge in [-0.1, -0.05) is 163 Å². The Morgan fingerprint density at radius 2 is 1.02 bits per heavy atom. The normalized spacial score (nSPS) is 12.8. The molecule has 0 aromatic heterocycles. The highest BCUT2D eigenvalue weighted by Crippen LogP contribution is 2.19. The first-order chi connectivity index (χ1) is 26.3. The van der Waals surface area contributed by atoms with Crippen LogP contribution in [0.25, 0.3) is 0 Å². The minimum absolute atomic E-state index is 0.0183. The largest absolute Gasteiger partial charge is 0.465 e. The summed E-state index contributed by atoms with van der Waals surface area (Å²) in [4.78, 5) is 27.5. The fraction of sp³-hybridized carbons (Fsp3) is 0.957. The molecule has 0 aliphatic rings. The molecule has 0 saturated heterocycles. The van der Waals surface area contributed by atoms with Crippen molar-refractivity contribution < 1.29 is 28.6 Å². The highest BCUT2D eigenvalue weighted by molar-refractivity contribution is 5.71. The van der Waals surface area contributed by atoms with Crippen LogP contribution in [0.2, 0.25) is 0 Å². The van der Waals surface area contributed by atoms with Crippen LogP contribution in [0.1, 0.15) is 233 Å². The number of ether oxygens (including phenoxy) is 2. The van der Waals surface area contributed by atoms with E-state index in [1.807, 2.05) is 6.92 Å². The van der Waals surface area contributed by atoms with Crippen LogP contribution in [0.4, 0.5) is 4.39 Å².